The lowest BCUT2D eigenvalue weighted by Gasteiger charge is -2.09. The standard InChI is InChI=1S/C17H18ClFN6OS/c1-3-24-15(9-25-11(2)6-7-20-25)22-23-17(24)27-10-16(26)21-12-4-5-14(19)13(18)8-12/h4-8H,3,9-10H2,1-2H3,(H,21,26). The minimum absolute atomic E-state index is 0.0373. The van der Waals surface area contributed by atoms with Crippen LogP contribution in [0.4, 0.5) is 10.1 Å². The van der Waals surface area contributed by atoms with Gasteiger partial charge in [-0.3, -0.25) is 9.48 Å². The lowest BCUT2D eigenvalue weighted by Crippen LogP contribution is -2.15. The quantitative estimate of drug-likeness (QED) is 0.606. The maximum Gasteiger partial charge on any atom is 0.234 e. The molecule has 2 heterocycles. The Morgan fingerprint density at radius 1 is 1.33 bits per heavy atom. The van der Waals surface area contributed by atoms with Gasteiger partial charge in [0.15, 0.2) is 11.0 Å². The minimum atomic E-state index is -0.528. The maximum absolute atomic E-state index is 13.2. The smallest absolute Gasteiger partial charge is 0.234 e. The lowest BCUT2D eigenvalue weighted by molar-refractivity contribution is -0.113. The predicted molar refractivity (Wildman–Crippen MR) is 103 cm³/mol. The number of aryl methyl sites for hydroxylation is 1. The van der Waals surface area contributed by atoms with E-state index in [1.165, 1.54) is 30.0 Å². The molecule has 0 bridgehead atoms. The highest BCUT2D eigenvalue weighted by atomic mass is 35.5. The van der Waals surface area contributed by atoms with Crippen LogP contribution < -0.4 is 5.32 Å². The molecule has 0 aliphatic heterocycles. The van der Waals surface area contributed by atoms with Gasteiger partial charge in [-0.1, -0.05) is 23.4 Å². The number of nitrogens with zero attached hydrogens (tertiary/aromatic N) is 5. The number of aromatic nitrogens is 5. The zero-order valence-electron chi connectivity index (χ0n) is 14.8. The van der Waals surface area contributed by atoms with E-state index in [9.17, 15) is 9.18 Å². The van der Waals surface area contributed by atoms with Crippen LogP contribution in [-0.4, -0.2) is 36.2 Å². The number of halogens is 2. The fourth-order valence-corrected chi connectivity index (χ4v) is 3.46. The van der Waals surface area contributed by atoms with E-state index in [1.54, 1.807) is 6.20 Å². The van der Waals surface area contributed by atoms with Crippen LogP contribution in [0.15, 0.2) is 35.6 Å². The van der Waals surface area contributed by atoms with Crippen LogP contribution in [0.3, 0.4) is 0 Å². The average molecular weight is 409 g/mol. The van der Waals surface area contributed by atoms with Crippen molar-refractivity contribution >= 4 is 35.0 Å². The molecule has 3 rings (SSSR count). The van der Waals surface area contributed by atoms with Crippen LogP contribution in [0, 0.1) is 12.7 Å². The van der Waals surface area contributed by atoms with Gasteiger partial charge >= 0.3 is 0 Å². The summed E-state index contributed by atoms with van der Waals surface area (Å²) in [4.78, 5) is 12.1. The third kappa shape index (κ3) is 4.67. The Morgan fingerprint density at radius 2 is 2.15 bits per heavy atom. The monoisotopic (exact) mass is 408 g/mol. The number of anilines is 1. The summed E-state index contributed by atoms with van der Waals surface area (Å²) in [6.45, 7) is 5.16. The molecule has 2 aromatic heterocycles. The predicted octanol–water partition coefficient (Wildman–Crippen LogP) is 3.37. The number of hydrogen-bond acceptors (Lipinski definition) is 5. The summed E-state index contributed by atoms with van der Waals surface area (Å²) in [6, 6.07) is 5.97. The van der Waals surface area contributed by atoms with E-state index in [2.05, 4.69) is 20.6 Å². The van der Waals surface area contributed by atoms with E-state index in [-0.39, 0.29) is 16.7 Å². The number of carbonyl (C=O) groups excluding carboxylic acids is 1. The van der Waals surface area contributed by atoms with Gasteiger partial charge in [0.05, 0.1) is 10.8 Å². The molecule has 0 fully saturated rings. The number of benzene rings is 1. The van der Waals surface area contributed by atoms with Crippen LogP contribution in [-0.2, 0) is 17.9 Å². The van der Waals surface area contributed by atoms with Crippen molar-refractivity contribution in [2.75, 3.05) is 11.1 Å². The van der Waals surface area contributed by atoms with Gasteiger partial charge in [0.25, 0.3) is 0 Å². The second kappa shape index (κ2) is 8.53. The maximum atomic E-state index is 13.2. The van der Waals surface area contributed by atoms with E-state index >= 15 is 0 Å². The molecular formula is C17H18ClFN6OS. The summed E-state index contributed by atoms with van der Waals surface area (Å²) in [5.74, 6) is 0.156. The molecule has 1 aromatic carbocycles. The molecule has 10 heteroatoms. The second-order valence-corrected chi connectivity index (χ2v) is 7.09. The van der Waals surface area contributed by atoms with Crippen LogP contribution in [0.25, 0.3) is 0 Å². The SMILES string of the molecule is CCn1c(Cn2nccc2C)nnc1SCC(=O)Nc1ccc(F)c(Cl)c1. The van der Waals surface area contributed by atoms with Gasteiger partial charge in [-0.2, -0.15) is 5.10 Å². The highest BCUT2D eigenvalue weighted by Gasteiger charge is 2.14. The van der Waals surface area contributed by atoms with E-state index in [0.717, 1.165) is 11.5 Å². The van der Waals surface area contributed by atoms with Crippen LogP contribution in [0.2, 0.25) is 5.02 Å². The summed E-state index contributed by atoms with van der Waals surface area (Å²) < 4.78 is 17.0. The first-order valence-electron chi connectivity index (χ1n) is 8.26. The lowest BCUT2D eigenvalue weighted by atomic mass is 10.3. The minimum Gasteiger partial charge on any atom is -0.325 e. The highest BCUT2D eigenvalue weighted by Crippen LogP contribution is 2.21. The van der Waals surface area contributed by atoms with Gasteiger partial charge in [0.1, 0.15) is 12.4 Å². The molecule has 0 unspecified atom stereocenters. The van der Waals surface area contributed by atoms with E-state index in [1.807, 2.05) is 29.2 Å². The molecule has 0 aliphatic rings. The highest BCUT2D eigenvalue weighted by molar-refractivity contribution is 7.99. The van der Waals surface area contributed by atoms with E-state index in [0.29, 0.717) is 23.9 Å². The normalized spacial score (nSPS) is 11.0. The van der Waals surface area contributed by atoms with Crippen LogP contribution in [0.5, 0.6) is 0 Å². The summed E-state index contributed by atoms with van der Waals surface area (Å²) >= 11 is 7.01. The van der Waals surface area contributed by atoms with Crippen molar-refractivity contribution in [1.29, 1.82) is 0 Å². The zero-order chi connectivity index (χ0) is 19.4. The molecule has 1 N–H and O–H groups in total. The van der Waals surface area contributed by atoms with Crippen molar-refractivity contribution in [3.63, 3.8) is 0 Å². The van der Waals surface area contributed by atoms with Crippen LogP contribution in [0.1, 0.15) is 18.4 Å². The largest absolute Gasteiger partial charge is 0.325 e. The zero-order valence-corrected chi connectivity index (χ0v) is 16.4. The molecule has 0 atom stereocenters. The number of amides is 1. The fourth-order valence-electron chi connectivity index (χ4n) is 2.46. The first-order valence-corrected chi connectivity index (χ1v) is 9.62. The Hall–Kier alpha value is -2.39. The number of hydrogen-bond donors (Lipinski definition) is 1. The van der Waals surface area contributed by atoms with Gasteiger partial charge in [-0.25, -0.2) is 4.39 Å². The Morgan fingerprint density at radius 3 is 2.81 bits per heavy atom. The number of rotatable bonds is 7. The summed E-state index contributed by atoms with van der Waals surface area (Å²) in [7, 11) is 0. The topological polar surface area (TPSA) is 77.6 Å². The molecule has 0 saturated heterocycles. The second-order valence-electron chi connectivity index (χ2n) is 5.74. The summed E-state index contributed by atoms with van der Waals surface area (Å²) in [5, 5.41) is 16.0. The third-order valence-electron chi connectivity index (χ3n) is 3.87. The van der Waals surface area contributed by atoms with Crippen molar-refractivity contribution in [2.45, 2.75) is 32.1 Å². The van der Waals surface area contributed by atoms with Gasteiger partial charge in [-0.05, 0) is 38.1 Å². The molecule has 1 amide bonds. The Labute approximate surface area is 164 Å². The third-order valence-corrected chi connectivity index (χ3v) is 5.12. The number of carbonyl (C=O) groups is 1. The Balaban J connectivity index is 1.62. The van der Waals surface area contributed by atoms with Crippen molar-refractivity contribution in [3.8, 4) is 0 Å². The first kappa shape index (κ1) is 19.4. The molecule has 0 radical (unpaired) electrons. The van der Waals surface area contributed by atoms with Crippen molar-refractivity contribution in [3.05, 3.63) is 52.8 Å². The fraction of sp³-hybridized carbons (Fsp3) is 0.294. The number of thioether (sulfide) groups is 1. The van der Waals surface area contributed by atoms with Crippen molar-refractivity contribution in [2.24, 2.45) is 0 Å². The molecule has 0 spiro atoms. The molecule has 27 heavy (non-hydrogen) atoms. The van der Waals surface area contributed by atoms with Crippen molar-refractivity contribution in [1.82, 2.24) is 24.5 Å². The number of nitrogens with one attached hydrogen (secondary N) is 1. The van der Waals surface area contributed by atoms with E-state index < -0.39 is 5.82 Å². The Kier molecular flexibility index (Phi) is 6.12. The molecule has 0 aliphatic carbocycles. The van der Waals surface area contributed by atoms with Gasteiger partial charge in [0.2, 0.25) is 5.91 Å². The van der Waals surface area contributed by atoms with Gasteiger partial charge in [-0.15, -0.1) is 10.2 Å². The average Bonchev–Trinajstić information content (AvgIpc) is 3.22. The molecular weight excluding hydrogens is 391 g/mol. The van der Waals surface area contributed by atoms with E-state index in [4.69, 9.17) is 11.6 Å². The van der Waals surface area contributed by atoms with Crippen molar-refractivity contribution < 1.29 is 9.18 Å². The van der Waals surface area contributed by atoms with Gasteiger partial charge in [0, 0.05) is 24.1 Å². The summed E-state index contributed by atoms with van der Waals surface area (Å²) in [5.41, 5.74) is 1.48. The molecule has 142 valence electrons. The van der Waals surface area contributed by atoms with Gasteiger partial charge < -0.3 is 9.88 Å². The molecule has 3 aromatic rings. The van der Waals surface area contributed by atoms with Crippen LogP contribution >= 0.6 is 23.4 Å². The molecule has 7 nitrogen and oxygen atoms in total. The summed E-state index contributed by atoms with van der Waals surface area (Å²) in [6.07, 6.45) is 1.74. The molecule has 0 saturated carbocycles. The first-order chi connectivity index (χ1) is 13.0. The Bertz CT molecular complexity index is 957.